The van der Waals surface area contributed by atoms with Crippen molar-refractivity contribution in [3.63, 3.8) is 0 Å². The van der Waals surface area contributed by atoms with Crippen LogP contribution in [0.2, 0.25) is 0 Å². The lowest BCUT2D eigenvalue weighted by Gasteiger charge is -2.09. The second-order valence-corrected chi connectivity index (χ2v) is 7.68. The minimum atomic E-state index is -3.89. The van der Waals surface area contributed by atoms with Crippen molar-refractivity contribution in [2.45, 2.75) is 25.0 Å². The number of nitrogens with two attached hydrogens (primary N) is 1. The summed E-state index contributed by atoms with van der Waals surface area (Å²) >= 11 is 5.63. The Kier molecular flexibility index (Phi) is 4.82. The van der Waals surface area contributed by atoms with Crippen LogP contribution in [0.4, 0.5) is 0 Å². The fourth-order valence-electron chi connectivity index (χ4n) is 1.79. The van der Waals surface area contributed by atoms with Crippen LogP contribution in [0.1, 0.15) is 13.3 Å². The first kappa shape index (κ1) is 15.9. The fourth-order valence-corrected chi connectivity index (χ4v) is 3.35. The van der Waals surface area contributed by atoms with Gasteiger partial charge in [-0.1, -0.05) is 22.9 Å². The predicted molar refractivity (Wildman–Crippen MR) is 87.5 cm³/mol. The summed E-state index contributed by atoms with van der Waals surface area (Å²) in [6.45, 7) is 2.42. The van der Waals surface area contributed by atoms with Gasteiger partial charge in [-0.2, -0.15) is 0 Å². The van der Waals surface area contributed by atoms with Gasteiger partial charge >= 0.3 is 0 Å². The van der Waals surface area contributed by atoms with E-state index in [4.69, 9.17) is 5.14 Å². The van der Waals surface area contributed by atoms with Crippen LogP contribution in [0.5, 0.6) is 0 Å². The van der Waals surface area contributed by atoms with Gasteiger partial charge in [-0.3, -0.25) is 4.57 Å². The standard InChI is InChI=1S/C11H12BrIN4O2S/c1-2-5-17-10(15-16-11(17)20(14,18)19)8-6-7(13)3-4-9(8)12/h3-4,6H,2,5H2,1H3,(H2,14,18,19). The summed E-state index contributed by atoms with van der Waals surface area (Å²) in [6, 6.07) is 5.74. The second kappa shape index (κ2) is 6.08. The van der Waals surface area contributed by atoms with Gasteiger partial charge in [-0.15, -0.1) is 10.2 Å². The van der Waals surface area contributed by atoms with E-state index in [1.54, 1.807) is 0 Å². The third-order valence-electron chi connectivity index (χ3n) is 2.59. The molecule has 6 nitrogen and oxygen atoms in total. The molecule has 0 amide bonds. The average molecular weight is 471 g/mol. The Bertz CT molecular complexity index is 745. The first-order chi connectivity index (χ1) is 9.34. The van der Waals surface area contributed by atoms with Crippen molar-refractivity contribution in [1.29, 1.82) is 0 Å². The molecule has 20 heavy (non-hydrogen) atoms. The molecule has 108 valence electrons. The van der Waals surface area contributed by atoms with Crippen molar-refractivity contribution in [3.05, 3.63) is 26.2 Å². The van der Waals surface area contributed by atoms with Crippen LogP contribution in [0.3, 0.4) is 0 Å². The Morgan fingerprint density at radius 1 is 1.40 bits per heavy atom. The third kappa shape index (κ3) is 3.21. The van der Waals surface area contributed by atoms with E-state index in [0.29, 0.717) is 12.4 Å². The lowest BCUT2D eigenvalue weighted by Crippen LogP contribution is -2.19. The molecule has 0 atom stereocenters. The first-order valence-corrected chi connectivity index (χ1v) is 9.17. The number of rotatable bonds is 4. The Balaban J connectivity index is 2.69. The maximum atomic E-state index is 11.6. The average Bonchev–Trinajstić information content (AvgIpc) is 2.76. The normalized spacial score (nSPS) is 11.8. The van der Waals surface area contributed by atoms with E-state index in [0.717, 1.165) is 20.0 Å². The minimum absolute atomic E-state index is 0.208. The Morgan fingerprint density at radius 3 is 2.70 bits per heavy atom. The highest BCUT2D eigenvalue weighted by Gasteiger charge is 2.22. The number of hydrogen-bond donors (Lipinski definition) is 1. The highest BCUT2D eigenvalue weighted by atomic mass is 127. The fraction of sp³-hybridized carbons (Fsp3) is 0.273. The van der Waals surface area contributed by atoms with Crippen LogP contribution in [-0.2, 0) is 16.6 Å². The lowest BCUT2D eigenvalue weighted by atomic mass is 10.2. The van der Waals surface area contributed by atoms with E-state index < -0.39 is 10.0 Å². The van der Waals surface area contributed by atoms with E-state index in [-0.39, 0.29) is 5.16 Å². The summed E-state index contributed by atoms with van der Waals surface area (Å²) in [7, 11) is -3.89. The van der Waals surface area contributed by atoms with Crippen molar-refractivity contribution in [3.8, 4) is 11.4 Å². The molecule has 0 aliphatic heterocycles. The second-order valence-electron chi connectivity index (χ2n) is 4.13. The van der Waals surface area contributed by atoms with Gasteiger partial charge in [0.15, 0.2) is 5.82 Å². The highest BCUT2D eigenvalue weighted by Crippen LogP contribution is 2.29. The zero-order chi connectivity index (χ0) is 14.9. The zero-order valence-corrected chi connectivity index (χ0v) is 15.1. The zero-order valence-electron chi connectivity index (χ0n) is 10.5. The Hall–Kier alpha value is -0.520. The summed E-state index contributed by atoms with van der Waals surface area (Å²) in [5.74, 6) is 0.487. The summed E-state index contributed by atoms with van der Waals surface area (Å²) in [4.78, 5) is 0. The maximum absolute atomic E-state index is 11.6. The number of primary sulfonamides is 1. The van der Waals surface area contributed by atoms with Crippen LogP contribution >= 0.6 is 38.5 Å². The number of benzene rings is 1. The molecule has 9 heteroatoms. The van der Waals surface area contributed by atoms with Gasteiger partial charge < -0.3 is 0 Å². The number of nitrogens with zero attached hydrogens (tertiary/aromatic N) is 3. The molecule has 0 bridgehead atoms. The first-order valence-electron chi connectivity index (χ1n) is 5.76. The van der Waals surface area contributed by atoms with E-state index >= 15 is 0 Å². The van der Waals surface area contributed by atoms with Crippen molar-refractivity contribution in [1.82, 2.24) is 14.8 Å². The van der Waals surface area contributed by atoms with Gasteiger partial charge in [0.05, 0.1) is 0 Å². The molecule has 0 spiro atoms. The molecule has 0 aliphatic carbocycles. The molecule has 0 saturated carbocycles. The van der Waals surface area contributed by atoms with Gasteiger partial charge in [0, 0.05) is 20.2 Å². The largest absolute Gasteiger partial charge is 0.297 e. The molecule has 2 rings (SSSR count). The van der Waals surface area contributed by atoms with E-state index in [1.807, 2.05) is 25.1 Å². The van der Waals surface area contributed by atoms with Crippen molar-refractivity contribution in [2.75, 3.05) is 0 Å². The van der Waals surface area contributed by atoms with Crippen LogP contribution in [-0.4, -0.2) is 23.2 Å². The summed E-state index contributed by atoms with van der Waals surface area (Å²) < 4.78 is 26.5. The molecular formula is C11H12BrIN4O2S. The summed E-state index contributed by atoms with van der Waals surface area (Å²) in [5.41, 5.74) is 0.785. The smallest absolute Gasteiger partial charge is 0.273 e. The van der Waals surface area contributed by atoms with Gasteiger partial charge in [0.1, 0.15) is 0 Å². The number of sulfonamides is 1. The van der Waals surface area contributed by atoms with Crippen molar-refractivity contribution < 1.29 is 8.42 Å². The molecule has 2 N–H and O–H groups in total. The third-order valence-corrected chi connectivity index (χ3v) is 4.76. The molecule has 2 aromatic rings. The molecule has 0 radical (unpaired) electrons. The summed E-state index contributed by atoms with van der Waals surface area (Å²) in [6.07, 6.45) is 0.745. The molecule has 0 aliphatic rings. The Labute approximate surface area is 139 Å². The predicted octanol–water partition coefficient (Wildman–Crippen LogP) is 2.37. The van der Waals surface area contributed by atoms with Crippen molar-refractivity contribution in [2.24, 2.45) is 5.14 Å². The molecule has 1 heterocycles. The minimum Gasteiger partial charge on any atom is -0.297 e. The molecule has 0 saturated heterocycles. The van der Waals surface area contributed by atoms with Crippen LogP contribution in [0, 0.1) is 3.57 Å². The topological polar surface area (TPSA) is 90.9 Å². The Morgan fingerprint density at radius 2 is 2.10 bits per heavy atom. The molecular weight excluding hydrogens is 459 g/mol. The van der Waals surface area contributed by atoms with E-state index in [1.165, 1.54) is 4.57 Å². The molecule has 0 unspecified atom stereocenters. The van der Waals surface area contributed by atoms with Crippen molar-refractivity contribution >= 4 is 48.5 Å². The van der Waals surface area contributed by atoms with Crippen LogP contribution in [0.15, 0.2) is 27.8 Å². The monoisotopic (exact) mass is 470 g/mol. The number of aromatic nitrogens is 3. The van der Waals surface area contributed by atoms with E-state index in [2.05, 4.69) is 48.7 Å². The van der Waals surface area contributed by atoms with Crippen LogP contribution in [0.25, 0.3) is 11.4 Å². The number of hydrogen-bond acceptors (Lipinski definition) is 4. The highest BCUT2D eigenvalue weighted by molar-refractivity contribution is 14.1. The molecule has 0 fully saturated rings. The summed E-state index contributed by atoms with van der Waals surface area (Å²) in [5, 5.41) is 12.7. The van der Waals surface area contributed by atoms with Gasteiger partial charge in [0.2, 0.25) is 0 Å². The van der Waals surface area contributed by atoms with Gasteiger partial charge in [0.25, 0.3) is 15.2 Å². The van der Waals surface area contributed by atoms with Crippen LogP contribution < -0.4 is 5.14 Å². The molecule has 1 aromatic heterocycles. The molecule has 1 aromatic carbocycles. The SMILES string of the molecule is CCCn1c(-c2cc(I)ccc2Br)nnc1S(N)(=O)=O. The van der Waals surface area contributed by atoms with E-state index in [9.17, 15) is 8.42 Å². The quantitative estimate of drug-likeness (QED) is 0.694. The van der Waals surface area contributed by atoms with Gasteiger partial charge in [-0.05, 0) is 47.2 Å². The number of halogens is 2. The van der Waals surface area contributed by atoms with Gasteiger partial charge in [-0.25, -0.2) is 13.6 Å². The maximum Gasteiger partial charge on any atom is 0.273 e. The lowest BCUT2D eigenvalue weighted by molar-refractivity contribution is 0.559.